The number of carbonyl (C=O) groups excluding carboxylic acids is 1. The van der Waals surface area contributed by atoms with Crippen molar-refractivity contribution in [1.82, 2.24) is 15.2 Å². The first-order valence-corrected chi connectivity index (χ1v) is 5.20. The van der Waals surface area contributed by atoms with Crippen molar-refractivity contribution < 1.29 is 4.79 Å². The molecule has 0 amide bonds. The minimum absolute atomic E-state index is 0.0441. The molecule has 0 bridgehead atoms. The van der Waals surface area contributed by atoms with Gasteiger partial charge in [-0.25, -0.2) is 5.10 Å². The van der Waals surface area contributed by atoms with Gasteiger partial charge in [0.05, 0.1) is 11.8 Å². The van der Waals surface area contributed by atoms with E-state index in [1.165, 1.54) is 0 Å². The molecule has 1 rings (SSSR count). The van der Waals surface area contributed by atoms with Crippen molar-refractivity contribution >= 4 is 23.5 Å². The molecule has 1 aromatic rings. The van der Waals surface area contributed by atoms with E-state index >= 15 is 0 Å². The molecule has 5 N–H and O–H groups in total. The molecule has 0 radical (unpaired) electrons. The van der Waals surface area contributed by atoms with Crippen LogP contribution in [-0.2, 0) is 4.79 Å². The van der Waals surface area contributed by atoms with Crippen LogP contribution in [0.2, 0.25) is 0 Å². The number of H-pyrrole nitrogens is 1. The van der Waals surface area contributed by atoms with Crippen LogP contribution in [0.15, 0.2) is 17.4 Å². The first-order chi connectivity index (χ1) is 7.54. The van der Waals surface area contributed by atoms with Gasteiger partial charge in [-0.2, -0.15) is 10.2 Å². The maximum absolute atomic E-state index is 11.5. The molecule has 0 aliphatic heterocycles. The van der Waals surface area contributed by atoms with E-state index in [0.717, 1.165) is 11.8 Å². The van der Waals surface area contributed by atoms with Gasteiger partial charge in [-0.15, -0.1) is 5.10 Å². The quantitative estimate of drug-likeness (QED) is 0.597. The van der Waals surface area contributed by atoms with Gasteiger partial charge in [0.2, 0.25) is 11.1 Å². The van der Waals surface area contributed by atoms with Crippen LogP contribution in [0.1, 0.15) is 0 Å². The number of nitrogens with zero attached hydrogens (tertiary/aromatic N) is 3. The number of aromatic nitrogens is 3. The Balaban J connectivity index is 2.53. The fourth-order valence-electron chi connectivity index (χ4n) is 0.903. The number of anilines is 1. The Morgan fingerprint density at radius 2 is 2.44 bits per heavy atom. The van der Waals surface area contributed by atoms with Gasteiger partial charge in [-0.1, -0.05) is 18.3 Å². The van der Waals surface area contributed by atoms with Gasteiger partial charge in [-0.3, -0.25) is 4.79 Å². The average molecular weight is 238 g/mol. The summed E-state index contributed by atoms with van der Waals surface area (Å²) in [4.78, 5) is 15.3. The Labute approximate surface area is 95.9 Å². The number of thioether (sulfide) groups is 1. The fraction of sp³-hybridized carbons (Fsp3) is 0.250. The molecule has 1 atom stereocenters. The Morgan fingerprint density at radius 1 is 1.75 bits per heavy atom. The van der Waals surface area contributed by atoms with Gasteiger partial charge >= 0.3 is 0 Å². The van der Waals surface area contributed by atoms with Crippen molar-refractivity contribution in [2.24, 2.45) is 11.7 Å². The number of carbonyl (C=O) groups is 1. The number of hydrogen-bond acceptors (Lipinski definition) is 7. The van der Waals surface area contributed by atoms with E-state index in [9.17, 15) is 4.79 Å². The van der Waals surface area contributed by atoms with E-state index in [2.05, 4.69) is 21.8 Å². The van der Waals surface area contributed by atoms with Crippen LogP contribution in [0, 0.1) is 17.2 Å². The van der Waals surface area contributed by atoms with Gasteiger partial charge in [0, 0.05) is 5.70 Å². The summed E-state index contributed by atoms with van der Waals surface area (Å²) in [6, 6.07) is 1.78. The third-order valence-electron chi connectivity index (χ3n) is 1.65. The van der Waals surface area contributed by atoms with E-state index in [1.54, 1.807) is 6.07 Å². The van der Waals surface area contributed by atoms with E-state index in [4.69, 9.17) is 16.7 Å². The molecule has 0 aliphatic rings. The maximum Gasteiger partial charge on any atom is 0.216 e. The number of allylic oxidation sites excluding steroid dienone is 1. The molecule has 1 heterocycles. The molecule has 8 heteroatoms. The number of aromatic amines is 1. The van der Waals surface area contributed by atoms with E-state index in [-0.39, 0.29) is 23.2 Å². The molecule has 16 heavy (non-hydrogen) atoms. The molecule has 0 fully saturated rings. The number of ketones is 1. The highest BCUT2D eigenvalue weighted by Gasteiger charge is 2.19. The van der Waals surface area contributed by atoms with Crippen molar-refractivity contribution in [3.63, 3.8) is 0 Å². The number of nitrogens with one attached hydrogen (secondary N) is 1. The van der Waals surface area contributed by atoms with Gasteiger partial charge in [0.25, 0.3) is 0 Å². The molecule has 0 aliphatic carbocycles. The lowest BCUT2D eigenvalue weighted by atomic mass is 10.1. The molecule has 0 aromatic carbocycles. The van der Waals surface area contributed by atoms with Gasteiger partial charge in [0.1, 0.15) is 5.92 Å². The summed E-state index contributed by atoms with van der Waals surface area (Å²) in [5, 5.41) is 15.2. The monoisotopic (exact) mass is 238 g/mol. The smallest absolute Gasteiger partial charge is 0.216 e. The lowest BCUT2D eigenvalue weighted by Gasteiger charge is -2.05. The first kappa shape index (κ1) is 12.1. The molecule has 84 valence electrons. The summed E-state index contributed by atoms with van der Waals surface area (Å²) >= 11 is 1.08. The lowest BCUT2D eigenvalue weighted by molar-refractivity contribution is -0.117. The molecule has 0 saturated heterocycles. The number of nitrogen functional groups attached to an aromatic ring is 1. The van der Waals surface area contributed by atoms with Crippen molar-refractivity contribution in [3.8, 4) is 6.07 Å². The minimum atomic E-state index is -0.983. The summed E-state index contributed by atoms with van der Waals surface area (Å²) in [5.41, 5.74) is 10.7. The van der Waals surface area contributed by atoms with Crippen LogP contribution in [0.5, 0.6) is 0 Å². The average Bonchev–Trinajstić information content (AvgIpc) is 2.62. The van der Waals surface area contributed by atoms with Crippen LogP contribution in [-0.4, -0.2) is 26.7 Å². The number of Topliss-reactive ketones (excluding diaryl/α,β-unsaturated/α-hetero) is 1. The number of rotatable bonds is 5. The summed E-state index contributed by atoms with van der Waals surface area (Å²) in [7, 11) is 0. The van der Waals surface area contributed by atoms with Gasteiger partial charge < -0.3 is 11.5 Å². The number of hydrogen-bond donors (Lipinski definition) is 3. The third-order valence-corrected chi connectivity index (χ3v) is 2.52. The molecule has 0 saturated carbocycles. The van der Waals surface area contributed by atoms with Crippen molar-refractivity contribution in [2.75, 3.05) is 11.5 Å². The third kappa shape index (κ3) is 2.99. The first-order valence-electron chi connectivity index (χ1n) is 4.22. The van der Waals surface area contributed by atoms with Crippen LogP contribution < -0.4 is 11.5 Å². The van der Waals surface area contributed by atoms with Crippen LogP contribution in [0.4, 0.5) is 5.95 Å². The summed E-state index contributed by atoms with van der Waals surface area (Å²) in [5.74, 6) is -1.09. The zero-order valence-electron chi connectivity index (χ0n) is 8.30. The second-order valence-corrected chi connectivity index (χ2v) is 3.84. The van der Waals surface area contributed by atoms with Crippen molar-refractivity contribution in [1.29, 1.82) is 5.26 Å². The number of nitrogens with two attached hydrogens (primary N) is 2. The topological polar surface area (TPSA) is 134 Å². The predicted octanol–water partition coefficient (Wildman–Crippen LogP) is -0.340. The highest BCUT2D eigenvalue weighted by Crippen LogP contribution is 2.16. The summed E-state index contributed by atoms with van der Waals surface area (Å²) in [6.07, 6.45) is 0. The molecule has 0 unspecified atom stereocenters. The second-order valence-electron chi connectivity index (χ2n) is 2.90. The largest absolute Gasteiger partial charge is 0.401 e. The van der Waals surface area contributed by atoms with E-state index in [1.807, 2.05) is 0 Å². The highest BCUT2D eigenvalue weighted by molar-refractivity contribution is 7.99. The van der Waals surface area contributed by atoms with Crippen LogP contribution in [0.3, 0.4) is 0 Å². The normalized spacial score (nSPS) is 11.7. The highest BCUT2D eigenvalue weighted by atomic mass is 32.2. The summed E-state index contributed by atoms with van der Waals surface area (Å²) < 4.78 is 0. The van der Waals surface area contributed by atoms with Crippen LogP contribution in [0.25, 0.3) is 0 Å². The Morgan fingerprint density at radius 3 is 2.88 bits per heavy atom. The molecule has 0 spiro atoms. The molecule has 1 aromatic heterocycles. The summed E-state index contributed by atoms with van der Waals surface area (Å²) in [6.45, 7) is 3.37. The molecular formula is C8H10N6OS. The van der Waals surface area contributed by atoms with Gasteiger partial charge in [0.15, 0.2) is 5.78 Å². The van der Waals surface area contributed by atoms with Crippen LogP contribution >= 0.6 is 11.8 Å². The molecular weight excluding hydrogens is 228 g/mol. The van der Waals surface area contributed by atoms with Crippen molar-refractivity contribution in [2.45, 2.75) is 5.16 Å². The zero-order chi connectivity index (χ0) is 12.1. The second kappa shape index (κ2) is 5.18. The maximum atomic E-state index is 11.5. The lowest BCUT2D eigenvalue weighted by Crippen LogP contribution is -2.21. The predicted molar refractivity (Wildman–Crippen MR) is 59.0 cm³/mol. The number of nitriles is 1. The van der Waals surface area contributed by atoms with Gasteiger partial charge in [-0.05, 0) is 0 Å². The Bertz CT molecular complexity index is 448. The standard InChI is InChI=1S/C8H10N6OS/c1-4(10)5(2-9)6(15)3-16-8-12-7(11)13-14-8/h5H,1,3,10H2,(H3,11,12,13,14)/t5-/m1/s1. The molecule has 7 nitrogen and oxygen atoms in total. The van der Waals surface area contributed by atoms with E-state index in [0.29, 0.717) is 5.16 Å². The SMILES string of the molecule is C=C(N)[C@@H](C#N)C(=O)CSc1n[nH]c(N)n1. The fourth-order valence-corrected chi connectivity index (χ4v) is 1.61. The Hall–Kier alpha value is -2.01. The minimum Gasteiger partial charge on any atom is -0.401 e. The van der Waals surface area contributed by atoms with Crippen molar-refractivity contribution in [3.05, 3.63) is 12.3 Å². The zero-order valence-corrected chi connectivity index (χ0v) is 9.12. The van der Waals surface area contributed by atoms with E-state index < -0.39 is 5.92 Å². The Kier molecular flexibility index (Phi) is 3.90.